The highest BCUT2D eigenvalue weighted by atomic mass is 127. The smallest absolute Gasteiger partial charge is 0.304 e. The first kappa shape index (κ1) is 7.27. The van der Waals surface area contributed by atoms with E-state index in [9.17, 15) is 4.79 Å². The van der Waals surface area contributed by atoms with Gasteiger partial charge < -0.3 is 10.4 Å². The van der Waals surface area contributed by atoms with Crippen molar-refractivity contribution in [2.75, 3.05) is 13.1 Å². The Balaban J connectivity index is 2.33. The Hall–Kier alpha value is 0.160. The van der Waals surface area contributed by atoms with E-state index < -0.39 is 5.97 Å². The van der Waals surface area contributed by atoms with E-state index in [0.29, 0.717) is 0 Å². The van der Waals surface area contributed by atoms with Crippen molar-refractivity contribution in [2.24, 2.45) is 0 Å². The molecule has 0 aromatic heterocycles. The van der Waals surface area contributed by atoms with Gasteiger partial charge in [0.2, 0.25) is 0 Å². The van der Waals surface area contributed by atoms with Gasteiger partial charge in [-0.2, -0.15) is 0 Å². The quantitative estimate of drug-likeness (QED) is 0.537. The molecule has 0 amide bonds. The van der Waals surface area contributed by atoms with Crippen LogP contribution in [0, 0.1) is 0 Å². The lowest BCUT2D eigenvalue weighted by Crippen LogP contribution is -2.55. The predicted molar refractivity (Wildman–Crippen MR) is 41.9 cm³/mol. The molecule has 0 saturated carbocycles. The van der Waals surface area contributed by atoms with Crippen molar-refractivity contribution in [3.05, 3.63) is 0 Å². The maximum atomic E-state index is 10.2. The minimum Gasteiger partial charge on any atom is -0.481 e. The highest BCUT2D eigenvalue weighted by molar-refractivity contribution is 14.1. The molecule has 0 unspecified atom stereocenters. The van der Waals surface area contributed by atoms with E-state index in [1.807, 2.05) is 0 Å². The van der Waals surface area contributed by atoms with Crippen LogP contribution in [0.15, 0.2) is 0 Å². The molecule has 1 aliphatic heterocycles. The molecule has 0 aromatic rings. The average molecular weight is 241 g/mol. The fraction of sp³-hybridized carbons (Fsp3) is 0.800. The molecule has 0 aromatic carbocycles. The summed E-state index contributed by atoms with van der Waals surface area (Å²) in [4.78, 5) is 10.2. The summed E-state index contributed by atoms with van der Waals surface area (Å²) in [6.45, 7) is 1.67. The first-order valence-electron chi connectivity index (χ1n) is 2.74. The molecule has 0 atom stereocenters. The lowest BCUT2D eigenvalue weighted by Gasteiger charge is -2.35. The standard InChI is InChI=1S/C5H8INO2/c6-5(1-4(8)9)2-7-3-5/h7H,1-3H2,(H,8,9). The van der Waals surface area contributed by atoms with Crippen molar-refractivity contribution in [2.45, 2.75) is 9.84 Å². The molecule has 52 valence electrons. The lowest BCUT2D eigenvalue weighted by molar-refractivity contribution is -0.137. The third-order valence-electron chi connectivity index (χ3n) is 1.35. The molecule has 4 heteroatoms. The summed E-state index contributed by atoms with van der Waals surface area (Å²) in [5, 5.41) is 11.4. The number of hydrogen-bond donors (Lipinski definition) is 2. The van der Waals surface area contributed by atoms with Crippen LogP contribution in [-0.4, -0.2) is 27.6 Å². The topological polar surface area (TPSA) is 49.3 Å². The fourth-order valence-corrected chi connectivity index (χ4v) is 1.66. The number of hydrogen-bond acceptors (Lipinski definition) is 2. The molecule has 0 spiro atoms. The minimum absolute atomic E-state index is 0.00356. The SMILES string of the molecule is O=C(O)CC1(I)CNC1. The minimum atomic E-state index is -0.703. The van der Waals surface area contributed by atoms with Gasteiger partial charge in [0.05, 0.1) is 9.84 Å². The Kier molecular flexibility index (Phi) is 1.95. The molecule has 1 rings (SSSR count). The Morgan fingerprint density at radius 2 is 2.33 bits per heavy atom. The molecular weight excluding hydrogens is 233 g/mol. The zero-order valence-corrected chi connectivity index (χ0v) is 7.01. The van der Waals surface area contributed by atoms with Gasteiger partial charge in [0.15, 0.2) is 0 Å². The Labute approximate surface area is 67.0 Å². The van der Waals surface area contributed by atoms with Gasteiger partial charge in [-0.05, 0) is 0 Å². The largest absolute Gasteiger partial charge is 0.481 e. The molecule has 1 saturated heterocycles. The van der Waals surface area contributed by atoms with Crippen molar-refractivity contribution in [3.8, 4) is 0 Å². The maximum Gasteiger partial charge on any atom is 0.304 e. The van der Waals surface area contributed by atoms with Crippen LogP contribution in [0.25, 0.3) is 0 Å². The van der Waals surface area contributed by atoms with E-state index in [-0.39, 0.29) is 9.84 Å². The molecule has 0 bridgehead atoms. The average Bonchev–Trinajstić information content (AvgIpc) is 1.60. The van der Waals surface area contributed by atoms with E-state index in [2.05, 4.69) is 27.9 Å². The van der Waals surface area contributed by atoms with Gasteiger partial charge in [0.25, 0.3) is 0 Å². The summed E-state index contributed by atoms with van der Waals surface area (Å²) in [5.74, 6) is -0.703. The first-order chi connectivity index (χ1) is 4.12. The Morgan fingerprint density at radius 3 is 2.44 bits per heavy atom. The zero-order chi connectivity index (χ0) is 6.91. The molecule has 3 nitrogen and oxygen atoms in total. The van der Waals surface area contributed by atoms with Gasteiger partial charge in [0, 0.05) is 13.1 Å². The number of rotatable bonds is 2. The molecular formula is C5H8INO2. The van der Waals surface area contributed by atoms with E-state index in [0.717, 1.165) is 13.1 Å². The molecule has 2 N–H and O–H groups in total. The summed E-state index contributed by atoms with van der Waals surface area (Å²) in [6, 6.07) is 0. The van der Waals surface area contributed by atoms with Gasteiger partial charge in [-0.1, -0.05) is 22.6 Å². The number of aliphatic carboxylic acids is 1. The van der Waals surface area contributed by atoms with Crippen LogP contribution in [-0.2, 0) is 4.79 Å². The fourth-order valence-electron chi connectivity index (χ4n) is 0.792. The van der Waals surface area contributed by atoms with Crippen LogP contribution >= 0.6 is 22.6 Å². The lowest BCUT2D eigenvalue weighted by atomic mass is 10.00. The molecule has 1 fully saturated rings. The summed E-state index contributed by atoms with van der Waals surface area (Å²) in [5.41, 5.74) is 0. The Morgan fingerprint density at radius 1 is 1.78 bits per heavy atom. The maximum absolute atomic E-state index is 10.2. The van der Waals surface area contributed by atoms with Crippen LogP contribution in [0.1, 0.15) is 6.42 Å². The number of carbonyl (C=O) groups is 1. The normalized spacial score (nSPS) is 22.8. The molecule has 1 heterocycles. The zero-order valence-electron chi connectivity index (χ0n) is 4.85. The molecule has 0 aliphatic carbocycles. The van der Waals surface area contributed by atoms with Crippen molar-refractivity contribution in [1.29, 1.82) is 0 Å². The van der Waals surface area contributed by atoms with Gasteiger partial charge in [-0.25, -0.2) is 0 Å². The molecule has 0 radical (unpaired) electrons. The Bertz CT molecular complexity index is 133. The highest BCUT2D eigenvalue weighted by Crippen LogP contribution is 2.27. The van der Waals surface area contributed by atoms with Crippen molar-refractivity contribution in [1.82, 2.24) is 5.32 Å². The van der Waals surface area contributed by atoms with E-state index in [4.69, 9.17) is 5.11 Å². The van der Waals surface area contributed by atoms with E-state index in [1.165, 1.54) is 0 Å². The third-order valence-corrected chi connectivity index (χ3v) is 2.50. The summed E-state index contributed by atoms with van der Waals surface area (Å²) in [6.07, 6.45) is 0.278. The van der Waals surface area contributed by atoms with Gasteiger partial charge in [-0.15, -0.1) is 0 Å². The van der Waals surface area contributed by atoms with E-state index >= 15 is 0 Å². The van der Waals surface area contributed by atoms with Gasteiger partial charge >= 0.3 is 5.97 Å². The van der Waals surface area contributed by atoms with Crippen molar-refractivity contribution >= 4 is 28.6 Å². The second kappa shape index (κ2) is 2.42. The highest BCUT2D eigenvalue weighted by Gasteiger charge is 2.35. The molecule has 9 heavy (non-hydrogen) atoms. The third kappa shape index (κ3) is 1.79. The van der Waals surface area contributed by atoms with Crippen molar-refractivity contribution < 1.29 is 9.90 Å². The van der Waals surface area contributed by atoms with Crippen LogP contribution in [0.4, 0.5) is 0 Å². The van der Waals surface area contributed by atoms with Crippen LogP contribution in [0.5, 0.6) is 0 Å². The van der Waals surface area contributed by atoms with Gasteiger partial charge in [-0.3, -0.25) is 4.79 Å². The second-order valence-electron chi connectivity index (χ2n) is 2.32. The van der Waals surface area contributed by atoms with E-state index in [1.54, 1.807) is 0 Å². The number of halogens is 1. The second-order valence-corrected chi connectivity index (χ2v) is 4.61. The van der Waals surface area contributed by atoms with Gasteiger partial charge in [0.1, 0.15) is 0 Å². The summed E-state index contributed by atoms with van der Waals surface area (Å²) >= 11 is 2.20. The molecule has 1 aliphatic rings. The first-order valence-corrected chi connectivity index (χ1v) is 3.82. The number of carboxylic acids is 1. The predicted octanol–water partition coefficient (Wildman–Crippen LogP) is 0.238. The number of carboxylic acid groups (broad SMARTS) is 1. The summed E-state index contributed by atoms with van der Waals surface area (Å²) < 4.78 is 0.00356. The van der Waals surface area contributed by atoms with Crippen LogP contribution in [0.2, 0.25) is 0 Å². The van der Waals surface area contributed by atoms with Crippen molar-refractivity contribution in [3.63, 3.8) is 0 Å². The number of alkyl halides is 1. The van der Waals surface area contributed by atoms with Crippen LogP contribution < -0.4 is 5.32 Å². The monoisotopic (exact) mass is 241 g/mol. The number of nitrogens with one attached hydrogen (secondary N) is 1. The van der Waals surface area contributed by atoms with Crippen LogP contribution in [0.3, 0.4) is 0 Å². The summed E-state index contributed by atoms with van der Waals surface area (Å²) in [7, 11) is 0.